The molecule has 1 heterocycles. The Hall–Kier alpha value is -3.19. The number of methoxy groups -OCH3 is 1. The van der Waals surface area contributed by atoms with Crippen molar-refractivity contribution in [2.75, 3.05) is 13.7 Å². The molecule has 0 atom stereocenters. The molecule has 2 N–H and O–H groups in total. The molecule has 3 rings (SSSR count). The first-order valence-corrected chi connectivity index (χ1v) is 8.41. The summed E-state index contributed by atoms with van der Waals surface area (Å²) < 4.78 is 16.0. The molecular formula is C19H17ClN2O5. The molecule has 0 aliphatic heterocycles. The van der Waals surface area contributed by atoms with E-state index in [2.05, 4.69) is 10.9 Å². The Labute approximate surface area is 160 Å². The maximum atomic E-state index is 12.3. The molecule has 0 saturated carbocycles. The number of furan rings is 1. The van der Waals surface area contributed by atoms with Gasteiger partial charge < -0.3 is 13.9 Å². The minimum Gasteiger partial charge on any atom is -0.497 e. The number of amides is 2. The fourth-order valence-electron chi connectivity index (χ4n) is 2.47. The number of hydrogen-bond donors (Lipinski definition) is 2. The normalized spacial score (nSPS) is 10.5. The molecule has 0 unspecified atom stereocenters. The van der Waals surface area contributed by atoms with Crippen LogP contribution in [0, 0.1) is 6.92 Å². The van der Waals surface area contributed by atoms with E-state index in [1.54, 1.807) is 56.5 Å². The molecule has 8 heteroatoms. The number of aryl methyl sites for hydroxylation is 1. The second-order valence-corrected chi connectivity index (χ2v) is 6.05. The van der Waals surface area contributed by atoms with E-state index in [4.69, 9.17) is 25.5 Å². The van der Waals surface area contributed by atoms with Crippen molar-refractivity contribution in [3.63, 3.8) is 0 Å². The molecule has 140 valence electrons. The highest BCUT2D eigenvalue weighted by atomic mass is 35.5. The van der Waals surface area contributed by atoms with Crippen molar-refractivity contribution in [1.82, 2.24) is 10.9 Å². The SMILES string of the molecule is COc1ccc2oc(C(=O)NNC(=O)COc3ccccc3Cl)c(C)c2c1. The number of carbonyl (C=O) groups is 2. The number of ether oxygens (including phenoxy) is 2. The van der Waals surface area contributed by atoms with Gasteiger partial charge in [-0.2, -0.15) is 0 Å². The van der Waals surface area contributed by atoms with Gasteiger partial charge in [-0.25, -0.2) is 0 Å². The number of hydrogen-bond acceptors (Lipinski definition) is 5. The van der Waals surface area contributed by atoms with E-state index < -0.39 is 11.8 Å². The summed E-state index contributed by atoms with van der Waals surface area (Å²) in [5.41, 5.74) is 5.77. The zero-order valence-corrected chi connectivity index (χ0v) is 15.4. The minimum atomic E-state index is -0.575. The van der Waals surface area contributed by atoms with Gasteiger partial charge in [-0.15, -0.1) is 0 Å². The number of para-hydroxylation sites is 1. The zero-order chi connectivity index (χ0) is 19.4. The molecule has 0 aliphatic carbocycles. The van der Waals surface area contributed by atoms with Crippen molar-refractivity contribution in [2.45, 2.75) is 6.92 Å². The topological polar surface area (TPSA) is 89.8 Å². The van der Waals surface area contributed by atoms with E-state index in [9.17, 15) is 9.59 Å². The number of fused-ring (bicyclic) bond motifs is 1. The summed E-state index contributed by atoms with van der Waals surface area (Å²) in [6, 6.07) is 12.0. The molecule has 2 aromatic carbocycles. The van der Waals surface area contributed by atoms with E-state index in [0.717, 1.165) is 5.39 Å². The molecule has 0 radical (unpaired) electrons. The number of rotatable bonds is 5. The van der Waals surface area contributed by atoms with Crippen molar-refractivity contribution < 1.29 is 23.5 Å². The predicted molar refractivity (Wildman–Crippen MR) is 100 cm³/mol. The molecule has 0 bridgehead atoms. The third kappa shape index (κ3) is 4.15. The monoisotopic (exact) mass is 388 g/mol. The highest BCUT2D eigenvalue weighted by Crippen LogP contribution is 2.28. The van der Waals surface area contributed by atoms with Crippen molar-refractivity contribution in [2.24, 2.45) is 0 Å². The molecule has 0 spiro atoms. The lowest BCUT2D eigenvalue weighted by atomic mass is 10.1. The van der Waals surface area contributed by atoms with E-state index in [-0.39, 0.29) is 12.4 Å². The Bertz CT molecular complexity index is 999. The van der Waals surface area contributed by atoms with Gasteiger partial charge in [-0.1, -0.05) is 23.7 Å². The summed E-state index contributed by atoms with van der Waals surface area (Å²) in [4.78, 5) is 24.2. The molecule has 2 amide bonds. The average molecular weight is 389 g/mol. The highest BCUT2D eigenvalue weighted by Gasteiger charge is 2.18. The molecule has 3 aromatic rings. The van der Waals surface area contributed by atoms with Crippen LogP contribution in [0.5, 0.6) is 11.5 Å². The maximum Gasteiger partial charge on any atom is 0.305 e. The first-order chi connectivity index (χ1) is 13.0. The van der Waals surface area contributed by atoms with E-state index in [0.29, 0.717) is 27.7 Å². The Morgan fingerprint density at radius 1 is 1.15 bits per heavy atom. The van der Waals surface area contributed by atoms with Gasteiger partial charge >= 0.3 is 5.91 Å². The van der Waals surface area contributed by atoms with Crippen LogP contribution in [0.3, 0.4) is 0 Å². The van der Waals surface area contributed by atoms with Crippen molar-refractivity contribution in [1.29, 1.82) is 0 Å². The summed E-state index contributed by atoms with van der Waals surface area (Å²) in [5, 5.41) is 1.15. The van der Waals surface area contributed by atoms with Crippen LogP contribution >= 0.6 is 11.6 Å². The summed E-state index contributed by atoms with van der Waals surface area (Å²) in [5.74, 6) is 0.0177. The molecule has 27 heavy (non-hydrogen) atoms. The second-order valence-electron chi connectivity index (χ2n) is 5.64. The smallest absolute Gasteiger partial charge is 0.305 e. The summed E-state index contributed by atoms with van der Waals surface area (Å²) in [6.07, 6.45) is 0. The summed E-state index contributed by atoms with van der Waals surface area (Å²) >= 11 is 5.95. The number of halogens is 1. The van der Waals surface area contributed by atoms with Gasteiger partial charge in [0, 0.05) is 10.9 Å². The lowest BCUT2D eigenvalue weighted by Crippen LogP contribution is -2.43. The van der Waals surface area contributed by atoms with Crippen molar-refractivity contribution in [3.8, 4) is 11.5 Å². The fourth-order valence-corrected chi connectivity index (χ4v) is 2.66. The Kier molecular flexibility index (Phi) is 5.52. The third-order valence-corrected chi connectivity index (χ3v) is 4.17. The number of carbonyl (C=O) groups excluding carboxylic acids is 2. The standard InChI is InChI=1S/C19H17ClN2O5/c1-11-13-9-12(25-2)7-8-15(13)27-18(11)19(24)22-21-17(23)10-26-16-6-4-3-5-14(16)20/h3-9H,10H2,1-2H3,(H,21,23)(H,22,24). The third-order valence-electron chi connectivity index (χ3n) is 3.86. The maximum absolute atomic E-state index is 12.3. The first-order valence-electron chi connectivity index (χ1n) is 8.03. The quantitative estimate of drug-likeness (QED) is 0.655. The molecular weight excluding hydrogens is 372 g/mol. The van der Waals surface area contributed by atoms with E-state index in [1.165, 1.54) is 0 Å². The highest BCUT2D eigenvalue weighted by molar-refractivity contribution is 6.32. The number of hydrazine groups is 1. The van der Waals surface area contributed by atoms with Gasteiger partial charge in [-0.05, 0) is 37.3 Å². The van der Waals surface area contributed by atoms with Gasteiger partial charge in [0.1, 0.15) is 17.1 Å². The molecule has 0 saturated heterocycles. The van der Waals surface area contributed by atoms with Gasteiger partial charge in [0.25, 0.3) is 5.91 Å². The van der Waals surface area contributed by atoms with Gasteiger partial charge in [0.05, 0.1) is 12.1 Å². The lowest BCUT2D eigenvalue weighted by molar-refractivity contribution is -0.123. The Morgan fingerprint density at radius 2 is 1.93 bits per heavy atom. The second kappa shape index (κ2) is 8.01. The van der Waals surface area contributed by atoms with Crippen LogP contribution < -0.4 is 20.3 Å². The molecule has 1 aromatic heterocycles. The molecule has 0 aliphatic rings. The predicted octanol–water partition coefficient (Wildman–Crippen LogP) is 3.24. The van der Waals surface area contributed by atoms with Crippen LogP contribution in [-0.2, 0) is 4.79 Å². The number of nitrogens with one attached hydrogen (secondary N) is 2. The first kappa shape index (κ1) is 18.6. The van der Waals surface area contributed by atoms with Gasteiger partial charge in [0.2, 0.25) is 0 Å². The van der Waals surface area contributed by atoms with Crippen molar-refractivity contribution >= 4 is 34.4 Å². The van der Waals surface area contributed by atoms with Crippen LogP contribution in [0.2, 0.25) is 5.02 Å². The van der Waals surface area contributed by atoms with Gasteiger partial charge in [-0.3, -0.25) is 20.4 Å². The van der Waals surface area contributed by atoms with E-state index in [1.807, 2.05) is 0 Å². The van der Waals surface area contributed by atoms with Crippen LogP contribution in [0.25, 0.3) is 11.0 Å². The largest absolute Gasteiger partial charge is 0.497 e. The lowest BCUT2D eigenvalue weighted by Gasteiger charge is -2.09. The zero-order valence-electron chi connectivity index (χ0n) is 14.7. The average Bonchev–Trinajstić information content (AvgIpc) is 3.01. The Balaban J connectivity index is 1.60. The fraction of sp³-hybridized carbons (Fsp3) is 0.158. The molecule has 7 nitrogen and oxygen atoms in total. The van der Waals surface area contributed by atoms with E-state index >= 15 is 0 Å². The van der Waals surface area contributed by atoms with Crippen LogP contribution in [0.1, 0.15) is 16.1 Å². The Morgan fingerprint density at radius 3 is 2.67 bits per heavy atom. The summed E-state index contributed by atoms with van der Waals surface area (Å²) in [7, 11) is 1.56. The van der Waals surface area contributed by atoms with Crippen LogP contribution in [-0.4, -0.2) is 25.5 Å². The number of benzene rings is 2. The minimum absolute atomic E-state index is 0.102. The summed E-state index contributed by atoms with van der Waals surface area (Å²) in [6.45, 7) is 1.45. The van der Waals surface area contributed by atoms with Crippen LogP contribution in [0.15, 0.2) is 46.9 Å². The van der Waals surface area contributed by atoms with Gasteiger partial charge in [0.15, 0.2) is 12.4 Å². The molecule has 0 fully saturated rings. The van der Waals surface area contributed by atoms with Crippen molar-refractivity contribution in [3.05, 3.63) is 58.8 Å². The van der Waals surface area contributed by atoms with Crippen LogP contribution in [0.4, 0.5) is 0 Å².